The molecule has 0 unspecified atom stereocenters. The van der Waals surface area contributed by atoms with E-state index in [2.05, 4.69) is 48.5 Å². The normalized spacial score (nSPS) is 10.5. The van der Waals surface area contributed by atoms with Crippen LogP contribution in [0.5, 0.6) is 0 Å². The summed E-state index contributed by atoms with van der Waals surface area (Å²) in [5, 5.41) is 0. The molecular formula is C12H9Cl. The fraction of sp³-hybridized carbons (Fsp3) is 0. The fourth-order valence-electron chi connectivity index (χ4n) is 1.84. The first-order chi connectivity index (χ1) is 5.97. The van der Waals surface area contributed by atoms with Gasteiger partial charge in [-0.1, -0.05) is 48.5 Å². The number of hydrogen-bond donors (Lipinski definition) is 0. The summed E-state index contributed by atoms with van der Waals surface area (Å²) in [7, 11) is 0. The van der Waals surface area contributed by atoms with Crippen LogP contribution in [-0.2, 0) is 0 Å². The molecule has 2 aromatic carbocycles. The van der Waals surface area contributed by atoms with E-state index in [0.717, 1.165) is 0 Å². The van der Waals surface area contributed by atoms with E-state index in [-0.39, 0.29) is 12.4 Å². The molecule has 0 spiro atoms. The third-order valence-corrected chi connectivity index (χ3v) is 2.43. The molecule has 0 saturated heterocycles. The number of rotatable bonds is 0. The van der Waals surface area contributed by atoms with Crippen LogP contribution >= 0.6 is 12.4 Å². The second-order valence-corrected chi connectivity index (χ2v) is 3.09. The van der Waals surface area contributed by atoms with Crippen LogP contribution in [0.1, 0.15) is 0 Å². The van der Waals surface area contributed by atoms with Gasteiger partial charge >= 0.3 is 0 Å². The molecule has 0 N–H and O–H groups in total. The van der Waals surface area contributed by atoms with E-state index in [1.807, 2.05) is 0 Å². The molecule has 0 aliphatic heterocycles. The third-order valence-electron chi connectivity index (χ3n) is 2.43. The molecule has 0 bridgehead atoms. The predicted octanol–water partition coefficient (Wildman–Crippen LogP) is 3.76. The van der Waals surface area contributed by atoms with Crippen LogP contribution in [0, 0.1) is 0 Å². The van der Waals surface area contributed by atoms with Crippen LogP contribution in [0.2, 0.25) is 0 Å². The maximum atomic E-state index is 2.18. The van der Waals surface area contributed by atoms with Crippen LogP contribution in [-0.4, -0.2) is 0 Å². The largest absolute Gasteiger partial charge is 0.147 e. The van der Waals surface area contributed by atoms with Gasteiger partial charge in [-0.2, -0.15) is 0 Å². The van der Waals surface area contributed by atoms with E-state index < -0.39 is 0 Å². The van der Waals surface area contributed by atoms with Gasteiger partial charge in [0.15, 0.2) is 0 Å². The Morgan fingerprint density at radius 3 is 0.923 bits per heavy atom. The van der Waals surface area contributed by atoms with Crippen LogP contribution < -0.4 is 0 Å². The van der Waals surface area contributed by atoms with Crippen LogP contribution in [0.3, 0.4) is 0 Å². The molecule has 64 valence electrons. The molecule has 0 amide bonds. The number of hydrogen-bond acceptors (Lipinski definition) is 0. The highest BCUT2D eigenvalue weighted by Crippen LogP contribution is 2.46. The standard InChI is InChI=1S/C12H8.ClH/c1-2-6-10-9(5-1)11-7-3-4-8-12(10)11;/h1-8H;1H. The highest BCUT2D eigenvalue weighted by atomic mass is 35.5. The van der Waals surface area contributed by atoms with Gasteiger partial charge in [0, 0.05) is 0 Å². The molecule has 0 radical (unpaired) electrons. The zero-order valence-corrected chi connectivity index (χ0v) is 7.84. The molecule has 0 nitrogen and oxygen atoms in total. The van der Waals surface area contributed by atoms with Crippen molar-refractivity contribution in [3.05, 3.63) is 48.5 Å². The summed E-state index contributed by atoms with van der Waals surface area (Å²) < 4.78 is 0. The van der Waals surface area contributed by atoms with Crippen molar-refractivity contribution in [1.29, 1.82) is 0 Å². The Bertz CT molecular complexity index is 346. The maximum Gasteiger partial charge on any atom is -0.00990 e. The average Bonchev–Trinajstić information content (AvgIpc) is 2.14. The van der Waals surface area contributed by atoms with Gasteiger partial charge < -0.3 is 0 Å². The summed E-state index contributed by atoms with van der Waals surface area (Å²) in [5.41, 5.74) is 5.59. The molecular weight excluding hydrogens is 180 g/mol. The predicted molar refractivity (Wildman–Crippen MR) is 58.1 cm³/mol. The Hall–Kier alpha value is -1.27. The van der Waals surface area contributed by atoms with Crippen molar-refractivity contribution in [3.63, 3.8) is 0 Å². The van der Waals surface area contributed by atoms with E-state index in [9.17, 15) is 0 Å². The number of fused-ring (bicyclic) bond motifs is 4. The topological polar surface area (TPSA) is 0 Å². The van der Waals surface area contributed by atoms with Crippen molar-refractivity contribution in [2.24, 2.45) is 0 Å². The second-order valence-electron chi connectivity index (χ2n) is 3.09. The molecule has 13 heavy (non-hydrogen) atoms. The molecule has 1 aliphatic carbocycles. The molecule has 0 aromatic heterocycles. The summed E-state index contributed by atoms with van der Waals surface area (Å²) in [6.45, 7) is 0. The van der Waals surface area contributed by atoms with Gasteiger partial charge in [-0.25, -0.2) is 0 Å². The highest BCUT2D eigenvalue weighted by molar-refractivity contribution is 6.02. The summed E-state index contributed by atoms with van der Waals surface area (Å²) in [5.74, 6) is 0. The second kappa shape index (κ2) is 2.90. The van der Waals surface area contributed by atoms with Crippen molar-refractivity contribution in [2.75, 3.05) is 0 Å². The van der Waals surface area contributed by atoms with Crippen molar-refractivity contribution in [1.82, 2.24) is 0 Å². The highest BCUT2D eigenvalue weighted by Gasteiger charge is 2.19. The molecule has 1 aliphatic rings. The monoisotopic (exact) mass is 188 g/mol. The van der Waals surface area contributed by atoms with Gasteiger partial charge in [0.05, 0.1) is 0 Å². The fourth-order valence-corrected chi connectivity index (χ4v) is 1.84. The van der Waals surface area contributed by atoms with Crippen molar-refractivity contribution in [2.45, 2.75) is 0 Å². The SMILES string of the molecule is Cl.c1ccc2c(c1)-c1ccccc1-2. The lowest BCUT2D eigenvalue weighted by Gasteiger charge is -2.22. The van der Waals surface area contributed by atoms with E-state index in [1.165, 1.54) is 22.3 Å². The van der Waals surface area contributed by atoms with Crippen molar-refractivity contribution in [3.8, 4) is 22.3 Å². The smallest absolute Gasteiger partial charge is 0.00990 e. The van der Waals surface area contributed by atoms with Crippen LogP contribution in [0.15, 0.2) is 48.5 Å². The Morgan fingerprint density at radius 2 is 0.692 bits per heavy atom. The minimum atomic E-state index is 0. The van der Waals surface area contributed by atoms with E-state index >= 15 is 0 Å². The molecule has 3 rings (SSSR count). The first kappa shape index (κ1) is 8.33. The zero-order valence-electron chi connectivity index (χ0n) is 7.03. The van der Waals surface area contributed by atoms with E-state index in [0.29, 0.717) is 0 Å². The summed E-state index contributed by atoms with van der Waals surface area (Å²) in [4.78, 5) is 0. The lowest BCUT2D eigenvalue weighted by Crippen LogP contribution is -1.96. The zero-order chi connectivity index (χ0) is 7.97. The van der Waals surface area contributed by atoms with Crippen LogP contribution in [0.4, 0.5) is 0 Å². The molecule has 1 heteroatoms. The maximum absolute atomic E-state index is 2.18. The number of benzene rings is 2. The minimum absolute atomic E-state index is 0. The van der Waals surface area contributed by atoms with Gasteiger partial charge in [0.1, 0.15) is 0 Å². The Balaban J connectivity index is 0.000000653. The van der Waals surface area contributed by atoms with Gasteiger partial charge in [-0.15, -0.1) is 12.4 Å². The van der Waals surface area contributed by atoms with Gasteiger partial charge in [0.25, 0.3) is 0 Å². The molecule has 0 atom stereocenters. The lowest BCUT2D eigenvalue weighted by molar-refractivity contribution is 1.52. The summed E-state index contributed by atoms with van der Waals surface area (Å²) in [6, 6.07) is 17.1. The third kappa shape index (κ3) is 0.991. The van der Waals surface area contributed by atoms with Crippen LogP contribution in [0.25, 0.3) is 22.3 Å². The first-order valence-corrected chi connectivity index (χ1v) is 4.15. The molecule has 0 fully saturated rings. The Morgan fingerprint density at radius 1 is 0.462 bits per heavy atom. The molecule has 0 saturated carbocycles. The molecule has 0 heterocycles. The van der Waals surface area contributed by atoms with E-state index in [1.54, 1.807) is 0 Å². The van der Waals surface area contributed by atoms with E-state index in [4.69, 9.17) is 0 Å². The lowest BCUT2D eigenvalue weighted by atomic mass is 9.81. The summed E-state index contributed by atoms with van der Waals surface area (Å²) >= 11 is 0. The quantitative estimate of drug-likeness (QED) is 0.504. The average molecular weight is 189 g/mol. The van der Waals surface area contributed by atoms with Gasteiger partial charge in [0.2, 0.25) is 0 Å². The van der Waals surface area contributed by atoms with Crippen molar-refractivity contribution >= 4 is 12.4 Å². The molecule has 2 aromatic rings. The Labute approximate surface area is 83.6 Å². The Kier molecular flexibility index (Phi) is 1.86. The minimum Gasteiger partial charge on any atom is -0.147 e. The van der Waals surface area contributed by atoms with Crippen molar-refractivity contribution < 1.29 is 0 Å². The first-order valence-electron chi connectivity index (χ1n) is 4.15. The van der Waals surface area contributed by atoms with Gasteiger partial charge in [-0.3, -0.25) is 0 Å². The summed E-state index contributed by atoms with van der Waals surface area (Å²) in [6.07, 6.45) is 0. The number of halogens is 1. The van der Waals surface area contributed by atoms with Gasteiger partial charge in [-0.05, 0) is 22.3 Å².